The van der Waals surface area contributed by atoms with Gasteiger partial charge in [0.1, 0.15) is 0 Å². The third-order valence-electron chi connectivity index (χ3n) is 2.94. The zero-order chi connectivity index (χ0) is 12.6. The highest BCUT2D eigenvalue weighted by molar-refractivity contribution is 6.05. The summed E-state index contributed by atoms with van der Waals surface area (Å²) in [4.78, 5) is 11.3. The van der Waals surface area contributed by atoms with Crippen molar-refractivity contribution in [1.82, 2.24) is 0 Å². The summed E-state index contributed by atoms with van der Waals surface area (Å²) in [6.45, 7) is 6.29. The molecule has 0 radical (unpaired) electrons. The predicted octanol–water partition coefficient (Wildman–Crippen LogP) is 3.84. The lowest BCUT2D eigenvalue weighted by atomic mass is 9.82. The van der Waals surface area contributed by atoms with Gasteiger partial charge in [-0.3, -0.25) is 0 Å². The molecule has 0 saturated carbocycles. The molecule has 0 aromatic heterocycles. The Bertz CT molecular complexity index is 572. The molecule has 0 bridgehead atoms. The predicted molar refractivity (Wildman–Crippen MR) is 69.6 cm³/mol. The number of hydrogen-bond donors (Lipinski definition) is 1. The van der Waals surface area contributed by atoms with Crippen molar-refractivity contribution >= 4 is 16.7 Å². The van der Waals surface area contributed by atoms with Gasteiger partial charge in [-0.25, -0.2) is 4.79 Å². The topological polar surface area (TPSA) is 37.3 Å². The van der Waals surface area contributed by atoms with Crippen LogP contribution in [-0.4, -0.2) is 11.1 Å². The Morgan fingerprint density at radius 2 is 1.65 bits per heavy atom. The Morgan fingerprint density at radius 1 is 1.06 bits per heavy atom. The molecule has 0 atom stereocenters. The van der Waals surface area contributed by atoms with Crippen LogP contribution in [0, 0.1) is 0 Å². The van der Waals surface area contributed by atoms with Gasteiger partial charge in [-0.05, 0) is 27.8 Å². The molecule has 0 unspecified atom stereocenters. The van der Waals surface area contributed by atoms with E-state index in [0.717, 1.165) is 16.3 Å². The molecule has 0 fully saturated rings. The maximum Gasteiger partial charge on any atom is 0.336 e. The molecule has 2 aromatic rings. The fourth-order valence-electron chi connectivity index (χ4n) is 2.14. The molecule has 0 amide bonds. The summed E-state index contributed by atoms with van der Waals surface area (Å²) in [7, 11) is 0. The lowest BCUT2D eigenvalue weighted by molar-refractivity contribution is 0.0699. The van der Waals surface area contributed by atoms with Crippen molar-refractivity contribution in [3.05, 3.63) is 47.5 Å². The smallest absolute Gasteiger partial charge is 0.336 e. The Labute approximate surface area is 101 Å². The summed E-state index contributed by atoms with van der Waals surface area (Å²) in [5.74, 6) is -0.868. The zero-order valence-corrected chi connectivity index (χ0v) is 10.3. The summed E-state index contributed by atoms with van der Waals surface area (Å²) >= 11 is 0. The van der Waals surface area contributed by atoms with Gasteiger partial charge >= 0.3 is 5.97 Å². The van der Waals surface area contributed by atoms with Crippen LogP contribution in [0.4, 0.5) is 0 Å². The van der Waals surface area contributed by atoms with E-state index in [1.165, 1.54) is 0 Å². The molecular formula is C15H16O2. The molecule has 0 saturated heterocycles. The Morgan fingerprint density at radius 3 is 2.18 bits per heavy atom. The van der Waals surface area contributed by atoms with Crippen LogP contribution in [-0.2, 0) is 5.41 Å². The average Bonchev–Trinajstić information content (AvgIpc) is 2.26. The first kappa shape index (κ1) is 11.6. The number of carbonyl (C=O) groups is 1. The molecule has 0 aliphatic rings. The number of hydrogen-bond acceptors (Lipinski definition) is 1. The molecule has 0 spiro atoms. The summed E-state index contributed by atoms with van der Waals surface area (Å²) in [5.41, 5.74) is 1.39. The van der Waals surface area contributed by atoms with Gasteiger partial charge in [0.15, 0.2) is 0 Å². The second-order valence-electron chi connectivity index (χ2n) is 5.26. The quantitative estimate of drug-likeness (QED) is 0.805. The van der Waals surface area contributed by atoms with E-state index in [1.807, 2.05) is 24.3 Å². The van der Waals surface area contributed by atoms with Crippen molar-refractivity contribution in [2.24, 2.45) is 0 Å². The van der Waals surface area contributed by atoms with Crippen molar-refractivity contribution in [1.29, 1.82) is 0 Å². The van der Waals surface area contributed by atoms with Gasteiger partial charge in [0, 0.05) is 0 Å². The number of carboxylic acid groups (broad SMARTS) is 1. The van der Waals surface area contributed by atoms with E-state index >= 15 is 0 Å². The van der Waals surface area contributed by atoms with Crippen LogP contribution in [0.3, 0.4) is 0 Å². The first-order valence-corrected chi connectivity index (χ1v) is 5.67. The van der Waals surface area contributed by atoms with E-state index in [-0.39, 0.29) is 5.41 Å². The number of carboxylic acids is 1. The van der Waals surface area contributed by atoms with E-state index in [1.54, 1.807) is 12.1 Å². The number of aromatic carboxylic acids is 1. The monoisotopic (exact) mass is 228 g/mol. The molecule has 0 aliphatic carbocycles. The first-order valence-electron chi connectivity index (χ1n) is 5.67. The second-order valence-corrected chi connectivity index (χ2v) is 5.26. The molecule has 88 valence electrons. The van der Waals surface area contributed by atoms with Crippen molar-refractivity contribution in [3.63, 3.8) is 0 Å². The minimum atomic E-state index is -0.868. The van der Waals surface area contributed by atoms with Crippen LogP contribution in [0.2, 0.25) is 0 Å². The first-order chi connectivity index (χ1) is 7.91. The third kappa shape index (κ3) is 2.03. The van der Waals surface area contributed by atoms with E-state index in [2.05, 4.69) is 20.8 Å². The van der Waals surface area contributed by atoms with Crippen LogP contribution in [0.15, 0.2) is 36.4 Å². The summed E-state index contributed by atoms with van der Waals surface area (Å²) in [5, 5.41) is 11.1. The van der Waals surface area contributed by atoms with E-state index < -0.39 is 5.97 Å². The molecule has 2 aromatic carbocycles. The lowest BCUT2D eigenvalue weighted by Gasteiger charge is -2.22. The molecule has 0 aliphatic heterocycles. The van der Waals surface area contributed by atoms with Gasteiger partial charge in [0.2, 0.25) is 0 Å². The number of fused-ring (bicyclic) bond motifs is 1. The van der Waals surface area contributed by atoms with Crippen molar-refractivity contribution in [2.45, 2.75) is 26.2 Å². The summed E-state index contributed by atoms with van der Waals surface area (Å²) < 4.78 is 0. The summed E-state index contributed by atoms with van der Waals surface area (Å²) in [6.07, 6.45) is 0. The number of rotatable bonds is 1. The van der Waals surface area contributed by atoms with Gasteiger partial charge < -0.3 is 5.11 Å². The van der Waals surface area contributed by atoms with Gasteiger partial charge in [0.05, 0.1) is 5.56 Å². The van der Waals surface area contributed by atoms with Crippen molar-refractivity contribution in [2.75, 3.05) is 0 Å². The SMILES string of the molecule is CC(C)(C)c1cccc2cccc(C(=O)O)c12. The van der Waals surface area contributed by atoms with E-state index in [4.69, 9.17) is 0 Å². The lowest BCUT2D eigenvalue weighted by Crippen LogP contribution is -2.13. The molecule has 2 rings (SSSR count). The molecular weight excluding hydrogens is 212 g/mol. The van der Waals surface area contributed by atoms with Crippen LogP contribution in [0.5, 0.6) is 0 Å². The highest BCUT2D eigenvalue weighted by Crippen LogP contribution is 2.32. The standard InChI is InChI=1S/C15H16O2/c1-15(2,3)12-9-5-7-10-6-4-8-11(13(10)12)14(16)17/h4-9H,1-3H3,(H,16,17). The van der Waals surface area contributed by atoms with Crippen molar-refractivity contribution in [3.8, 4) is 0 Å². The Kier molecular flexibility index (Phi) is 2.66. The van der Waals surface area contributed by atoms with Gasteiger partial charge in [0.25, 0.3) is 0 Å². The van der Waals surface area contributed by atoms with Crippen LogP contribution in [0.1, 0.15) is 36.7 Å². The molecule has 2 nitrogen and oxygen atoms in total. The third-order valence-corrected chi connectivity index (χ3v) is 2.94. The Balaban J connectivity index is 2.90. The van der Waals surface area contributed by atoms with Crippen LogP contribution in [0.25, 0.3) is 10.8 Å². The van der Waals surface area contributed by atoms with Crippen LogP contribution >= 0.6 is 0 Å². The maximum atomic E-state index is 11.3. The minimum absolute atomic E-state index is 0.0644. The highest BCUT2D eigenvalue weighted by atomic mass is 16.4. The van der Waals surface area contributed by atoms with Gasteiger partial charge in [-0.1, -0.05) is 51.1 Å². The van der Waals surface area contributed by atoms with E-state index in [9.17, 15) is 9.90 Å². The van der Waals surface area contributed by atoms with Gasteiger partial charge in [-0.2, -0.15) is 0 Å². The molecule has 0 heterocycles. The molecule has 17 heavy (non-hydrogen) atoms. The Hall–Kier alpha value is -1.83. The van der Waals surface area contributed by atoms with Gasteiger partial charge in [-0.15, -0.1) is 0 Å². The highest BCUT2D eigenvalue weighted by Gasteiger charge is 2.20. The van der Waals surface area contributed by atoms with E-state index in [0.29, 0.717) is 5.56 Å². The minimum Gasteiger partial charge on any atom is -0.478 e. The van der Waals surface area contributed by atoms with Crippen LogP contribution < -0.4 is 0 Å². The molecule has 2 heteroatoms. The zero-order valence-electron chi connectivity index (χ0n) is 10.3. The second kappa shape index (κ2) is 3.88. The number of benzene rings is 2. The maximum absolute atomic E-state index is 11.3. The largest absolute Gasteiger partial charge is 0.478 e. The summed E-state index contributed by atoms with van der Waals surface area (Å²) in [6, 6.07) is 11.4. The fourth-order valence-corrected chi connectivity index (χ4v) is 2.14. The average molecular weight is 228 g/mol. The normalized spacial score (nSPS) is 11.7. The fraction of sp³-hybridized carbons (Fsp3) is 0.267. The van der Waals surface area contributed by atoms with Crippen molar-refractivity contribution < 1.29 is 9.90 Å². The molecule has 1 N–H and O–H groups in total.